The van der Waals surface area contributed by atoms with Gasteiger partial charge in [-0.3, -0.25) is 0 Å². The van der Waals surface area contributed by atoms with Gasteiger partial charge in [0.1, 0.15) is 17.9 Å². The number of carbonyl (C=O) groups is 1. The van der Waals surface area contributed by atoms with Crippen LogP contribution >= 0.6 is 0 Å². The molecule has 0 spiro atoms. The van der Waals surface area contributed by atoms with Gasteiger partial charge >= 0.3 is 5.97 Å². The van der Waals surface area contributed by atoms with Crippen LogP contribution in [0.15, 0.2) is 36.4 Å². The molecule has 166 valence electrons. The maximum atomic E-state index is 12.0. The monoisotopic (exact) mass is 422 g/mol. The van der Waals surface area contributed by atoms with Crippen molar-refractivity contribution in [3.63, 3.8) is 0 Å². The maximum Gasteiger partial charge on any atom is 0.341 e. The number of aliphatic hydroxyl groups excluding tert-OH is 1. The number of benzene rings is 2. The summed E-state index contributed by atoms with van der Waals surface area (Å²) in [6, 6.07) is 11.3. The largest absolute Gasteiger partial charge is 0.490 e. The van der Waals surface area contributed by atoms with Crippen LogP contribution in [0.3, 0.4) is 0 Å². The molecule has 2 aromatic rings. The zero-order chi connectivity index (χ0) is 21.4. The third-order valence-electron chi connectivity index (χ3n) is 4.09. The normalized spacial score (nSPS) is 11.0. The summed E-state index contributed by atoms with van der Waals surface area (Å²) < 4.78 is 31.9. The van der Waals surface area contributed by atoms with Crippen LogP contribution in [0.5, 0.6) is 5.75 Å². The van der Waals surface area contributed by atoms with E-state index in [1.54, 1.807) is 6.07 Å². The molecule has 30 heavy (non-hydrogen) atoms. The predicted molar refractivity (Wildman–Crippen MR) is 111 cm³/mol. The fourth-order valence-corrected chi connectivity index (χ4v) is 2.65. The third kappa shape index (κ3) is 8.64. The van der Waals surface area contributed by atoms with Crippen molar-refractivity contribution in [3.05, 3.63) is 42.0 Å². The van der Waals surface area contributed by atoms with E-state index in [1.807, 2.05) is 30.3 Å². The van der Waals surface area contributed by atoms with Crippen LogP contribution in [0, 0.1) is 0 Å². The number of aliphatic hydroxyl groups is 1. The van der Waals surface area contributed by atoms with Crippen LogP contribution in [0.2, 0.25) is 0 Å². The molecule has 0 amide bonds. The molecule has 0 saturated carbocycles. The van der Waals surface area contributed by atoms with Crippen molar-refractivity contribution in [1.29, 1.82) is 0 Å². The molecule has 8 nitrogen and oxygen atoms in total. The van der Waals surface area contributed by atoms with Gasteiger partial charge in [-0.1, -0.05) is 24.3 Å². The van der Waals surface area contributed by atoms with Gasteiger partial charge in [-0.05, 0) is 22.9 Å². The number of fused-ring (bicyclic) bond motifs is 1. The number of ether oxygens (including phenoxy) is 6. The number of esters is 1. The number of rotatable bonds is 16. The summed E-state index contributed by atoms with van der Waals surface area (Å²) in [5.74, 6) is 0.0350. The zero-order valence-corrected chi connectivity index (χ0v) is 17.3. The van der Waals surface area contributed by atoms with Crippen molar-refractivity contribution in [2.24, 2.45) is 0 Å². The first kappa shape index (κ1) is 24.0. The summed E-state index contributed by atoms with van der Waals surface area (Å²) in [5, 5.41) is 10.5. The van der Waals surface area contributed by atoms with Gasteiger partial charge in [0, 0.05) is 0 Å². The van der Waals surface area contributed by atoms with E-state index in [-0.39, 0.29) is 6.61 Å². The van der Waals surface area contributed by atoms with Crippen molar-refractivity contribution >= 4 is 16.7 Å². The fraction of sp³-hybridized carbons (Fsp3) is 0.500. The van der Waals surface area contributed by atoms with Crippen LogP contribution < -0.4 is 4.74 Å². The summed E-state index contributed by atoms with van der Waals surface area (Å²) in [6.07, 6.45) is 0. The Balaban J connectivity index is 1.59. The van der Waals surface area contributed by atoms with Gasteiger partial charge in [0.25, 0.3) is 0 Å². The molecule has 0 radical (unpaired) electrons. The molecule has 0 aromatic heterocycles. The summed E-state index contributed by atoms with van der Waals surface area (Å²) in [4.78, 5) is 12.0. The first-order chi connectivity index (χ1) is 14.8. The van der Waals surface area contributed by atoms with Crippen molar-refractivity contribution in [3.8, 4) is 5.75 Å². The molecule has 1 N–H and O–H groups in total. The molecule has 8 heteroatoms. The molecular formula is C22H30O8. The molecule has 0 fully saturated rings. The van der Waals surface area contributed by atoms with Gasteiger partial charge in [0.05, 0.1) is 66.6 Å². The van der Waals surface area contributed by atoms with E-state index in [4.69, 9.17) is 33.5 Å². The SMILES string of the molecule is COC(=O)c1cc2ccccc2cc1OCCOCCOCCOCCOCCO. The smallest absolute Gasteiger partial charge is 0.341 e. The lowest BCUT2D eigenvalue weighted by Gasteiger charge is -2.12. The lowest BCUT2D eigenvalue weighted by molar-refractivity contribution is -0.00782. The first-order valence-corrected chi connectivity index (χ1v) is 9.92. The molecule has 0 unspecified atom stereocenters. The van der Waals surface area contributed by atoms with Gasteiger partial charge in [-0.25, -0.2) is 4.79 Å². The van der Waals surface area contributed by atoms with Gasteiger partial charge < -0.3 is 33.5 Å². The average molecular weight is 422 g/mol. The van der Waals surface area contributed by atoms with Crippen LogP contribution in [0.25, 0.3) is 10.8 Å². The second-order valence-electron chi connectivity index (χ2n) is 6.21. The molecule has 0 aliphatic carbocycles. The topological polar surface area (TPSA) is 92.7 Å². The van der Waals surface area contributed by atoms with E-state index in [0.29, 0.717) is 70.8 Å². The minimum absolute atomic E-state index is 0.0167. The lowest BCUT2D eigenvalue weighted by atomic mass is 10.1. The average Bonchev–Trinajstić information content (AvgIpc) is 2.78. The zero-order valence-electron chi connectivity index (χ0n) is 17.3. The molecule has 0 heterocycles. The standard InChI is InChI=1S/C22H30O8/c1-25-22(24)20-16-18-4-2-3-5-19(18)17-21(20)30-15-14-29-13-12-28-11-10-27-9-8-26-7-6-23/h2-5,16-17,23H,6-15H2,1H3. The Morgan fingerprint density at radius 3 is 1.80 bits per heavy atom. The summed E-state index contributed by atoms with van der Waals surface area (Å²) >= 11 is 0. The second kappa shape index (κ2) is 14.7. The molecule has 2 rings (SSSR count). The summed E-state index contributed by atoms with van der Waals surface area (Å²) in [6.45, 7) is 3.78. The van der Waals surface area contributed by atoms with Crippen molar-refractivity contribution in [2.45, 2.75) is 0 Å². The molecule has 0 aliphatic heterocycles. The van der Waals surface area contributed by atoms with Crippen LogP contribution in [-0.4, -0.2) is 84.3 Å². The molecule has 0 atom stereocenters. The summed E-state index contributed by atoms with van der Waals surface area (Å²) in [5.41, 5.74) is 0.390. The third-order valence-corrected chi connectivity index (χ3v) is 4.09. The Morgan fingerprint density at radius 2 is 1.27 bits per heavy atom. The van der Waals surface area contributed by atoms with E-state index >= 15 is 0 Å². The minimum atomic E-state index is -0.438. The number of hydrogen-bond donors (Lipinski definition) is 1. The quantitative estimate of drug-likeness (QED) is 0.325. The number of carbonyl (C=O) groups excluding carboxylic acids is 1. The van der Waals surface area contributed by atoms with Crippen molar-refractivity contribution in [1.82, 2.24) is 0 Å². The Kier molecular flexibility index (Phi) is 11.8. The highest BCUT2D eigenvalue weighted by Crippen LogP contribution is 2.26. The van der Waals surface area contributed by atoms with Gasteiger partial charge in [-0.2, -0.15) is 0 Å². The van der Waals surface area contributed by atoms with Crippen LogP contribution in [-0.2, 0) is 23.7 Å². The Labute approximate surface area is 176 Å². The highest BCUT2D eigenvalue weighted by atomic mass is 16.6. The van der Waals surface area contributed by atoms with Crippen LogP contribution in [0.1, 0.15) is 10.4 Å². The van der Waals surface area contributed by atoms with E-state index in [9.17, 15) is 4.79 Å². The van der Waals surface area contributed by atoms with E-state index < -0.39 is 5.97 Å². The van der Waals surface area contributed by atoms with Crippen molar-refractivity contribution in [2.75, 3.05) is 73.2 Å². The van der Waals surface area contributed by atoms with E-state index in [1.165, 1.54) is 7.11 Å². The fourth-order valence-electron chi connectivity index (χ4n) is 2.65. The van der Waals surface area contributed by atoms with Crippen LogP contribution in [0.4, 0.5) is 0 Å². The molecule has 0 saturated heterocycles. The summed E-state index contributed by atoms with van der Waals surface area (Å²) in [7, 11) is 1.35. The Morgan fingerprint density at radius 1 is 0.767 bits per heavy atom. The number of methoxy groups -OCH3 is 1. The number of hydrogen-bond acceptors (Lipinski definition) is 8. The Bertz CT molecular complexity index is 749. The molecular weight excluding hydrogens is 392 g/mol. The lowest BCUT2D eigenvalue weighted by Crippen LogP contribution is -2.14. The second-order valence-corrected chi connectivity index (χ2v) is 6.21. The van der Waals surface area contributed by atoms with Gasteiger partial charge in [0.15, 0.2) is 0 Å². The van der Waals surface area contributed by atoms with Gasteiger partial charge in [-0.15, -0.1) is 0 Å². The molecule has 0 bridgehead atoms. The first-order valence-electron chi connectivity index (χ1n) is 9.92. The van der Waals surface area contributed by atoms with E-state index in [0.717, 1.165) is 10.8 Å². The highest BCUT2D eigenvalue weighted by Gasteiger charge is 2.14. The van der Waals surface area contributed by atoms with Gasteiger partial charge in [0.2, 0.25) is 0 Å². The minimum Gasteiger partial charge on any atom is -0.490 e. The Hall–Kier alpha value is -2.23. The maximum absolute atomic E-state index is 12.0. The molecule has 2 aromatic carbocycles. The predicted octanol–water partition coefficient (Wildman–Crippen LogP) is 2.06. The highest BCUT2D eigenvalue weighted by molar-refractivity contribution is 5.98. The van der Waals surface area contributed by atoms with E-state index in [2.05, 4.69) is 0 Å². The molecule has 0 aliphatic rings. The van der Waals surface area contributed by atoms with Crippen molar-refractivity contribution < 1.29 is 38.3 Å².